The van der Waals surface area contributed by atoms with Crippen molar-refractivity contribution >= 4 is 47.7 Å². The van der Waals surface area contributed by atoms with E-state index in [-0.39, 0.29) is 0 Å². The van der Waals surface area contributed by atoms with Crippen molar-refractivity contribution in [2.24, 2.45) is 0 Å². The molecular formula is C42H35FP2Pd. The van der Waals surface area contributed by atoms with Gasteiger partial charge in [0.15, 0.2) is 0 Å². The second-order valence-corrected chi connectivity index (χ2v) is 14.2. The second kappa shape index (κ2) is 20.9. The van der Waals surface area contributed by atoms with E-state index in [9.17, 15) is 3.22 Å². The molecule has 0 N–H and O–H groups in total. The molecule has 0 amide bonds. The monoisotopic (exact) mass is 726 g/mol. The summed E-state index contributed by atoms with van der Waals surface area (Å²) in [7, 11) is -0.892. The van der Waals surface area contributed by atoms with Crippen LogP contribution >= 0.6 is 15.8 Å². The Morgan fingerprint density at radius 3 is 0.587 bits per heavy atom. The zero-order chi connectivity index (χ0) is 32.1. The molecule has 0 heterocycles. The molecule has 7 aromatic carbocycles. The Morgan fingerprint density at radius 2 is 0.457 bits per heavy atom. The van der Waals surface area contributed by atoms with Crippen LogP contribution in [-0.4, -0.2) is 0 Å². The maximum absolute atomic E-state index is 9.35. The third kappa shape index (κ3) is 11.1. The van der Waals surface area contributed by atoms with E-state index in [2.05, 4.69) is 188 Å². The van der Waals surface area contributed by atoms with Gasteiger partial charge >= 0.3 is 22.9 Å². The molecule has 0 fully saturated rings. The topological polar surface area (TPSA) is 0 Å². The molecule has 4 heteroatoms. The number of halogens is 1. The second-order valence-electron chi connectivity index (χ2n) is 9.76. The fraction of sp³-hybridized carbons (Fsp3) is 0. The molecule has 0 aliphatic carbocycles. The van der Waals surface area contributed by atoms with Crippen LogP contribution in [0.4, 0.5) is 3.22 Å². The zero-order valence-corrected chi connectivity index (χ0v) is 28.6. The molecule has 230 valence electrons. The van der Waals surface area contributed by atoms with E-state index in [0.717, 1.165) is 0 Å². The molecule has 0 saturated carbocycles. The van der Waals surface area contributed by atoms with Gasteiger partial charge in [-0.25, -0.2) is 0 Å². The van der Waals surface area contributed by atoms with Gasteiger partial charge in [-0.1, -0.05) is 182 Å². The van der Waals surface area contributed by atoms with Crippen LogP contribution in [0, 0.1) is 6.07 Å². The fourth-order valence-electron chi connectivity index (χ4n) is 4.70. The van der Waals surface area contributed by atoms with Crippen LogP contribution in [0.3, 0.4) is 0 Å². The van der Waals surface area contributed by atoms with Gasteiger partial charge in [-0.3, -0.25) is 0 Å². The summed E-state index contributed by atoms with van der Waals surface area (Å²) in [6.45, 7) is 0. The molecule has 0 saturated heterocycles. The van der Waals surface area contributed by atoms with E-state index in [0.29, 0.717) is 0 Å². The van der Waals surface area contributed by atoms with Gasteiger partial charge in [0.25, 0.3) is 0 Å². The first-order chi connectivity index (χ1) is 22.9. The van der Waals surface area contributed by atoms with Crippen LogP contribution in [-0.2, 0) is 19.7 Å². The van der Waals surface area contributed by atoms with Gasteiger partial charge in [0, 0.05) is 0 Å². The number of hydrogen-bond acceptors (Lipinski definition) is 0. The molecule has 0 aliphatic heterocycles. The fourth-order valence-corrected chi connectivity index (χ4v) is 9.31. The average molecular weight is 727 g/mol. The predicted molar refractivity (Wildman–Crippen MR) is 197 cm³/mol. The van der Waals surface area contributed by atoms with E-state index in [4.69, 9.17) is 0 Å². The van der Waals surface area contributed by atoms with Crippen molar-refractivity contribution in [3.8, 4) is 0 Å². The molecule has 0 atom stereocenters. The Bertz CT molecular complexity index is 1390. The van der Waals surface area contributed by atoms with Crippen molar-refractivity contribution in [1.29, 1.82) is 0 Å². The first kappa shape index (κ1) is 34.9. The molecule has 0 nitrogen and oxygen atoms in total. The summed E-state index contributed by atoms with van der Waals surface area (Å²) in [5.74, 6) is 0. The summed E-state index contributed by atoms with van der Waals surface area (Å²) in [6, 6.07) is 77.2. The van der Waals surface area contributed by atoms with Crippen molar-refractivity contribution in [2.75, 3.05) is 0 Å². The zero-order valence-electron chi connectivity index (χ0n) is 25.3. The van der Waals surface area contributed by atoms with Crippen LogP contribution in [0.15, 0.2) is 212 Å². The minimum absolute atomic E-state index is 0.446. The van der Waals surface area contributed by atoms with Crippen molar-refractivity contribution in [3.63, 3.8) is 0 Å². The molecule has 46 heavy (non-hydrogen) atoms. The summed E-state index contributed by atoms with van der Waals surface area (Å²) in [6.07, 6.45) is 0. The van der Waals surface area contributed by atoms with Gasteiger partial charge in [-0.2, -0.15) is 36.4 Å². The van der Waals surface area contributed by atoms with Gasteiger partial charge in [0.1, 0.15) is 0 Å². The third-order valence-corrected chi connectivity index (χ3v) is 11.6. The largest absolute Gasteiger partial charge is 0.184 e. The number of rotatable bonds is 6. The van der Waals surface area contributed by atoms with Gasteiger partial charge in [-0.15, -0.1) is 0 Å². The van der Waals surface area contributed by atoms with E-state index in [1.807, 2.05) is 30.3 Å². The summed E-state index contributed by atoms with van der Waals surface area (Å²) in [5, 5.41) is 8.39. The van der Waals surface area contributed by atoms with Crippen molar-refractivity contribution in [3.05, 3.63) is 218 Å². The number of benzene rings is 7. The van der Waals surface area contributed by atoms with Gasteiger partial charge < -0.3 is 0 Å². The van der Waals surface area contributed by atoms with Crippen molar-refractivity contribution < 1.29 is 22.9 Å². The average Bonchev–Trinajstić information content (AvgIpc) is 3.17. The Balaban J connectivity index is 0.000000169. The van der Waals surface area contributed by atoms with E-state index in [1.165, 1.54) is 51.5 Å². The first-order valence-electron chi connectivity index (χ1n) is 14.8. The maximum Gasteiger partial charge on any atom is -0.0134 e. The first-order valence-corrected chi connectivity index (χ1v) is 18.1. The molecule has 7 rings (SSSR count). The SMILES string of the molecule is [F][Pd+].[c-]1ccccc1.c1ccc(P(c2ccccc2)c2ccccc2)cc1.c1ccc(P(c2ccccc2)c2ccccc2)cc1. The molecule has 7 aromatic rings. The Labute approximate surface area is 287 Å². The van der Waals surface area contributed by atoms with Crippen LogP contribution in [0.25, 0.3) is 0 Å². The van der Waals surface area contributed by atoms with Crippen LogP contribution in [0.1, 0.15) is 0 Å². The number of hydrogen-bond donors (Lipinski definition) is 0. The summed E-state index contributed by atoms with van der Waals surface area (Å²) in [4.78, 5) is 0. The van der Waals surface area contributed by atoms with Crippen LogP contribution in [0.2, 0.25) is 0 Å². The van der Waals surface area contributed by atoms with Crippen molar-refractivity contribution in [2.45, 2.75) is 0 Å². The molecule has 0 bridgehead atoms. The molecule has 0 unspecified atom stereocenters. The molecule has 0 aliphatic rings. The molecular weight excluding hydrogens is 692 g/mol. The Hall–Kier alpha value is -4.01. The van der Waals surface area contributed by atoms with E-state index in [1.54, 1.807) is 0 Å². The quantitative estimate of drug-likeness (QED) is 0.0914. The minimum Gasteiger partial charge on any atom is -0.184 e. The van der Waals surface area contributed by atoms with E-state index >= 15 is 0 Å². The third-order valence-electron chi connectivity index (χ3n) is 6.69. The van der Waals surface area contributed by atoms with Gasteiger partial charge in [0.2, 0.25) is 0 Å². The molecule has 0 radical (unpaired) electrons. The Kier molecular flexibility index (Phi) is 15.8. The van der Waals surface area contributed by atoms with Gasteiger partial charge in [-0.05, 0) is 47.7 Å². The standard InChI is InChI=1S/2C18H15P.C6H5.FH.Pd/c2*1-4-10-16(11-5-1)19(17-12-6-2-7-13-17)18-14-8-3-9-15-18;1-2-4-6-5-3-1;;/h2*1-15H;1-5H;1H;/q;;-1;;+2/p-1. The van der Waals surface area contributed by atoms with Gasteiger partial charge in [0.05, 0.1) is 0 Å². The summed E-state index contributed by atoms with van der Waals surface area (Å²) in [5.41, 5.74) is 0. The van der Waals surface area contributed by atoms with Crippen LogP contribution < -0.4 is 31.8 Å². The normalized spacial score (nSPS) is 9.93. The summed E-state index contributed by atoms with van der Waals surface area (Å²) >= 11 is 1.25. The molecule has 0 spiro atoms. The smallest absolute Gasteiger partial charge is 0.0134 e. The van der Waals surface area contributed by atoms with Crippen LogP contribution in [0.5, 0.6) is 0 Å². The maximum atomic E-state index is 9.35. The molecule has 0 aromatic heterocycles. The van der Waals surface area contributed by atoms with Crippen molar-refractivity contribution in [1.82, 2.24) is 0 Å². The summed E-state index contributed by atoms with van der Waals surface area (Å²) < 4.78 is 9.35. The minimum atomic E-state index is -0.446. The van der Waals surface area contributed by atoms with E-state index < -0.39 is 15.8 Å². The predicted octanol–water partition coefficient (Wildman–Crippen LogP) is 8.79. The Morgan fingerprint density at radius 1 is 0.283 bits per heavy atom.